The van der Waals surface area contributed by atoms with Gasteiger partial charge < -0.3 is 15.4 Å². The summed E-state index contributed by atoms with van der Waals surface area (Å²) in [5.41, 5.74) is 0.586. The van der Waals surface area contributed by atoms with Gasteiger partial charge in [0.15, 0.2) is 0 Å². The molecule has 158 valence electrons. The Morgan fingerprint density at radius 2 is 1.80 bits per heavy atom. The molecule has 1 saturated heterocycles. The van der Waals surface area contributed by atoms with Crippen LogP contribution in [-0.2, 0) is 15.1 Å². The molecule has 4 amide bonds. The summed E-state index contributed by atoms with van der Waals surface area (Å²) < 4.78 is 5.16. The zero-order chi connectivity index (χ0) is 21.7. The van der Waals surface area contributed by atoms with Gasteiger partial charge in [-0.1, -0.05) is 56.3 Å². The Morgan fingerprint density at radius 3 is 2.40 bits per heavy atom. The molecule has 2 N–H and O–H groups in total. The average molecular weight is 409 g/mol. The fraction of sp³-hybridized carbons (Fsp3) is 0.348. The molecule has 2 aromatic carbocycles. The van der Waals surface area contributed by atoms with E-state index in [-0.39, 0.29) is 18.4 Å². The Balaban J connectivity index is 1.66. The third kappa shape index (κ3) is 4.15. The molecule has 3 rings (SSSR count). The number of nitrogens with one attached hydrogen (secondary N) is 2. The summed E-state index contributed by atoms with van der Waals surface area (Å²) in [7, 11) is 1.56. The SMILES string of the molecule is CC[C@@]1(c2ccc(OC)cc2)NC(=O)N(CC(=O)NC[C@@H](C)c2ccccc2)C1=O. The normalized spacial score (nSPS) is 19.4. The molecule has 1 aliphatic rings. The van der Waals surface area contributed by atoms with E-state index in [0.29, 0.717) is 24.3 Å². The number of carbonyl (C=O) groups is 3. The van der Waals surface area contributed by atoms with Crippen molar-refractivity contribution >= 4 is 17.8 Å². The number of nitrogens with zero attached hydrogens (tertiary/aromatic N) is 1. The Kier molecular flexibility index (Phi) is 6.40. The van der Waals surface area contributed by atoms with Gasteiger partial charge in [0.25, 0.3) is 5.91 Å². The monoisotopic (exact) mass is 409 g/mol. The van der Waals surface area contributed by atoms with Crippen molar-refractivity contribution in [3.63, 3.8) is 0 Å². The zero-order valence-electron chi connectivity index (χ0n) is 17.5. The molecular weight excluding hydrogens is 382 g/mol. The molecule has 1 aliphatic heterocycles. The fourth-order valence-corrected chi connectivity index (χ4v) is 3.65. The van der Waals surface area contributed by atoms with Gasteiger partial charge in [0.2, 0.25) is 5.91 Å². The van der Waals surface area contributed by atoms with E-state index in [2.05, 4.69) is 10.6 Å². The van der Waals surface area contributed by atoms with Crippen molar-refractivity contribution in [1.29, 1.82) is 0 Å². The topological polar surface area (TPSA) is 87.7 Å². The molecule has 2 atom stereocenters. The molecule has 0 aromatic heterocycles. The average Bonchev–Trinajstić information content (AvgIpc) is 3.03. The number of methoxy groups -OCH3 is 1. The number of amides is 4. The van der Waals surface area contributed by atoms with Gasteiger partial charge in [-0.25, -0.2) is 4.79 Å². The highest BCUT2D eigenvalue weighted by atomic mass is 16.5. The van der Waals surface area contributed by atoms with Crippen LogP contribution in [0.4, 0.5) is 4.79 Å². The molecule has 2 aromatic rings. The number of benzene rings is 2. The van der Waals surface area contributed by atoms with Crippen LogP contribution in [0.3, 0.4) is 0 Å². The lowest BCUT2D eigenvalue weighted by Gasteiger charge is -2.26. The van der Waals surface area contributed by atoms with Gasteiger partial charge in [0, 0.05) is 6.54 Å². The van der Waals surface area contributed by atoms with E-state index in [4.69, 9.17) is 4.74 Å². The van der Waals surface area contributed by atoms with Crippen molar-refractivity contribution < 1.29 is 19.1 Å². The summed E-state index contributed by atoms with van der Waals surface area (Å²) >= 11 is 0. The van der Waals surface area contributed by atoms with Crippen LogP contribution in [0.15, 0.2) is 54.6 Å². The summed E-state index contributed by atoms with van der Waals surface area (Å²) in [4.78, 5) is 39.1. The first kappa shape index (κ1) is 21.4. The molecule has 1 heterocycles. The number of hydrogen-bond acceptors (Lipinski definition) is 4. The van der Waals surface area contributed by atoms with Crippen LogP contribution in [0.25, 0.3) is 0 Å². The molecule has 0 unspecified atom stereocenters. The maximum atomic E-state index is 13.2. The number of ether oxygens (including phenoxy) is 1. The van der Waals surface area contributed by atoms with Crippen LogP contribution >= 0.6 is 0 Å². The van der Waals surface area contributed by atoms with E-state index in [1.807, 2.05) is 44.2 Å². The van der Waals surface area contributed by atoms with Crippen molar-refractivity contribution in [2.45, 2.75) is 31.7 Å². The summed E-state index contributed by atoms with van der Waals surface area (Å²) in [6, 6.07) is 16.3. The van der Waals surface area contributed by atoms with Crippen LogP contribution in [0, 0.1) is 0 Å². The van der Waals surface area contributed by atoms with E-state index in [0.717, 1.165) is 10.5 Å². The molecule has 1 fully saturated rings. The second kappa shape index (κ2) is 8.98. The van der Waals surface area contributed by atoms with Crippen molar-refractivity contribution in [1.82, 2.24) is 15.5 Å². The van der Waals surface area contributed by atoms with Crippen molar-refractivity contribution in [2.24, 2.45) is 0 Å². The van der Waals surface area contributed by atoms with Crippen LogP contribution in [0.1, 0.15) is 37.3 Å². The van der Waals surface area contributed by atoms with Gasteiger partial charge in [-0.05, 0) is 35.6 Å². The minimum Gasteiger partial charge on any atom is -0.497 e. The van der Waals surface area contributed by atoms with Crippen LogP contribution in [0.2, 0.25) is 0 Å². The molecule has 7 heteroatoms. The predicted octanol–water partition coefficient (Wildman–Crippen LogP) is 2.77. The Hall–Kier alpha value is -3.35. The minimum absolute atomic E-state index is 0.118. The summed E-state index contributed by atoms with van der Waals surface area (Å²) in [6.07, 6.45) is 0.368. The van der Waals surface area contributed by atoms with Gasteiger partial charge in [-0.2, -0.15) is 0 Å². The third-order valence-corrected chi connectivity index (χ3v) is 5.56. The molecule has 0 aliphatic carbocycles. The Morgan fingerprint density at radius 1 is 1.13 bits per heavy atom. The van der Waals surface area contributed by atoms with Crippen molar-refractivity contribution in [3.8, 4) is 5.75 Å². The minimum atomic E-state index is -1.18. The van der Waals surface area contributed by atoms with Gasteiger partial charge in [0.1, 0.15) is 17.8 Å². The first-order chi connectivity index (χ1) is 14.4. The quantitative estimate of drug-likeness (QED) is 0.657. The second-order valence-corrected chi connectivity index (χ2v) is 7.42. The van der Waals surface area contributed by atoms with Crippen LogP contribution < -0.4 is 15.4 Å². The highest BCUT2D eigenvalue weighted by Gasteiger charge is 2.51. The Bertz CT molecular complexity index is 914. The van der Waals surface area contributed by atoms with Gasteiger partial charge in [-0.3, -0.25) is 14.5 Å². The van der Waals surface area contributed by atoms with Crippen LogP contribution in [-0.4, -0.2) is 42.9 Å². The number of urea groups is 1. The summed E-state index contributed by atoms with van der Waals surface area (Å²) in [6.45, 7) is 3.94. The number of imide groups is 1. The smallest absolute Gasteiger partial charge is 0.325 e. The molecule has 0 spiro atoms. The van der Waals surface area contributed by atoms with Gasteiger partial charge in [0.05, 0.1) is 7.11 Å². The fourth-order valence-electron chi connectivity index (χ4n) is 3.65. The zero-order valence-corrected chi connectivity index (χ0v) is 17.5. The molecule has 0 radical (unpaired) electrons. The number of carbonyl (C=O) groups excluding carboxylic acids is 3. The molecule has 0 bridgehead atoms. The van der Waals surface area contributed by atoms with E-state index < -0.39 is 17.5 Å². The molecule has 7 nitrogen and oxygen atoms in total. The lowest BCUT2D eigenvalue weighted by atomic mass is 9.87. The number of hydrogen-bond donors (Lipinski definition) is 2. The maximum absolute atomic E-state index is 13.2. The third-order valence-electron chi connectivity index (χ3n) is 5.56. The van der Waals surface area contributed by atoms with Gasteiger partial charge >= 0.3 is 6.03 Å². The highest BCUT2D eigenvalue weighted by molar-refractivity contribution is 6.09. The van der Waals surface area contributed by atoms with E-state index in [9.17, 15) is 14.4 Å². The van der Waals surface area contributed by atoms with Gasteiger partial charge in [-0.15, -0.1) is 0 Å². The summed E-state index contributed by atoms with van der Waals surface area (Å²) in [5.74, 6) is -0.0211. The highest BCUT2D eigenvalue weighted by Crippen LogP contribution is 2.33. The van der Waals surface area contributed by atoms with E-state index in [1.54, 1.807) is 31.4 Å². The first-order valence-electron chi connectivity index (χ1n) is 10.0. The molecule has 0 saturated carbocycles. The standard InChI is InChI=1S/C23H27N3O4/c1-4-23(18-10-12-19(30-3)13-11-18)21(28)26(22(29)25-23)15-20(27)24-14-16(2)17-8-6-5-7-9-17/h5-13,16H,4,14-15H2,1-3H3,(H,24,27)(H,25,29)/t16-,23+/m1/s1. The predicted molar refractivity (Wildman–Crippen MR) is 113 cm³/mol. The van der Waals surface area contributed by atoms with Crippen molar-refractivity contribution in [3.05, 3.63) is 65.7 Å². The van der Waals surface area contributed by atoms with Crippen molar-refractivity contribution in [2.75, 3.05) is 20.2 Å². The second-order valence-electron chi connectivity index (χ2n) is 7.42. The van der Waals surface area contributed by atoms with E-state index in [1.165, 1.54) is 0 Å². The molecule has 30 heavy (non-hydrogen) atoms. The lowest BCUT2D eigenvalue weighted by molar-refractivity contribution is -0.135. The number of rotatable bonds is 8. The van der Waals surface area contributed by atoms with E-state index >= 15 is 0 Å². The lowest BCUT2D eigenvalue weighted by Crippen LogP contribution is -2.45. The molecular formula is C23H27N3O4. The maximum Gasteiger partial charge on any atom is 0.325 e. The largest absolute Gasteiger partial charge is 0.497 e. The first-order valence-corrected chi connectivity index (χ1v) is 10.0. The Labute approximate surface area is 176 Å². The summed E-state index contributed by atoms with van der Waals surface area (Å²) in [5, 5.41) is 5.60. The van der Waals surface area contributed by atoms with Crippen LogP contribution in [0.5, 0.6) is 5.75 Å².